The summed E-state index contributed by atoms with van der Waals surface area (Å²) >= 11 is 0. The number of ether oxygens (including phenoxy) is 1. The highest BCUT2D eigenvalue weighted by atomic mass is 19.1. The number of carboxylic acids is 1. The first kappa shape index (κ1) is 21.2. The van der Waals surface area contributed by atoms with Crippen molar-refractivity contribution in [2.75, 3.05) is 0 Å². The van der Waals surface area contributed by atoms with Crippen molar-refractivity contribution >= 4 is 11.5 Å². The first-order valence-corrected chi connectivity index (χ1v) is 9.35. The Hall–Kier alpha value is -3.51. The van der Waals surface area contributed by atoms with Gasteiger partial charge in [0.25, 0.3) is 0 Å². The molecule has 0 bridgehead atoms. The number of hydrogen-bond acceptors (Lipinski definition) is 3. The lowest BCUT2D eigenvalue weighted by Crippen LogP contribution is -2.29. The second-order valence-corrected chi connectivity index (χ2v) is 6.73. The van der Waals surface area contributed by atoms with Crippen LogP contribution < -0.4 is 10.5 Å². The van der Waals surface area contributed by atoms with Gasteiger partial charge in [-0.3, -0.25) is 4.79 Å². The third-order valence-corrected chi connectivity index (χ3v) is 4.47. The summed E-state index contributed by atoms with van der Waals surface area (Å²) in [5, 5.41) is 9.11. The summed E-state index contributed by atoms with van der Waals surface area (Å²) in [4.78, 5) is 11.1. The van der Waals surface area contributed by atoms with E-state index in [4.69, 9.17) is 15.6 Å². The van der Waals surface area contributed by atoms with Gasteiger partial charge < -0.3 is 15.6 Å². The first-order valence-electron chi connectivity index (χ1n) is 9.35. The molecule has 0 radical (unpaired) electrons. The van der Waals surface area contributed by atoms with E-state index in [2.05, 4.69) is 0 Å². The molecule has 0 saturated carbocycles. The molecule has 3 aromatic carbocycles. The van der Waals surface area contributed by atoms with Crippen LogP contribution in [0.2, 0.25) is 0 Å². The molecule has 154 valence electrons. The molecular weight excluding hydrogens is 388 g/mol. The second kappa shape index (κ2) is 9.80. The van der Waals surface area contributed by atoms with Gasteiger partial charge in [0.05, 0.1) is 0 Å². The fourth-order valence-electron chi connectivity index (χ4n) is 3.02. The lowest BCUT2D eigenvalue weighted by Gasteiger charge is -2.16. The van der Waals surface area contributed by atoms with Gasteiger partial charge in [-0.1, -0.05) is 54.6 Å². The van der Waals surface area contributed by atoms with Crippen LogP contribution in [0.3, 0.4) is 0 Å². The number of rotatable bonds is 8. The number of carbonyl (C=O) groups is 1. The van der Waals surface area contributed by atoms with Crippen LogP contribution in [-0.4, -0.2) is 17.1 Å². The zero-order valence-corrected chi connectivity index (χ0v) is 16.1. The van der Waals surface area contributed by atoms with Crippen LogP contribution in [0.4, 0.5) is 8.78 Å². The Bertz CT molecular complexity index is 1030. The topological polar surface area (TPSA) is 72.5 Å². The van der Waals surface area contributed by atoms with Gasteiger partial charge >= 0.3 is 5.97 Å². The molecule has 0 aliphatic carbocycles. The summed E-state index contributed by atoms with van der Waals surface area (Å²) in [7, 11) is 0. The third kappa shape index (κ3) is 5.52. The summed E-state index contributed by atoms with van der Waals surface area (Å²) in [6, 6.07) is 18.8. The molecule has 0 fully saturated rings. The Morgan fingerprint density at radius 3 is 2.30 bits per heavy atom. The van der Waals surface area contributed by atoms with Gasteiger partial charge in [-0.25, -0.2) is 8.78 Å². The standard InChI is InChI=1S/C24H21F2NO3/c25-18-12-16(13-19(26)14-18)15-30-23-9-5-4-8-21(23)20(10-11-22(27)24(28)29)17-6-2-1-3-7-17/h1-10,12-14,22H,11,15,27H2,(H,28,29)/b20-10-. The van der Waals surface area contributed by atoms with Crippen LogP contribution in [-0.2, 0) is 11.4 Å². The predicted octanol–water partition coefficient (Wildman–Crippen LogP) is 4.78. The van der Waals surface area contributed by atoms with Crippen molar-refractivity contribution in [1.29, 1.82) is 0 Å². The van der Waals surface area contributed by atoms with E-state index >= 15 is 0 Å². The van der Waals surface area contributed by atoms with Crippen molar-refractivity contribution in [3.63, 3.8) is 0 Å². The number of hydrogen-bond donors (Lipinski definition) is 2. The minimum Gasteiger partial charge on any atom is -0.488 e. The summed E-state index contributed by atoms with van der Waals surface area (Å²) in [5.41, 5.74) is 8.38. The minimum absolute atomic E-state index is 0.0254. The van der Waals surface area contributed by atoms with Gasteiger partial charge in [0.2, 0.25) is 0 Å². The Morgan fingerprint density at radius 2 is 1.63 bits per heavy atom. The number of carboxylic acid groups (broad SMARTS) is 1. The Morgan fingerprint density at radius 1 is 1.00 bits per heavy atom. The van der Waals surface area contributed by atoms with Crippen molar-refractivity contribution in [2.24, 2.45) is 5.73 Å². The summed E-state index contributed by atoms with van der Waals surface area (Å²) in [6.45, 7) is -0.0254. The van der Waals surface area contributed by atoms with Crippen molar-refractivity contribution in [3.05, 3.63) is 107 Å². The van der Waals surface area contributed by atoms with E-state index in [1.165, 1.54) is 12.1 Å². The molecule has 0 spiro atoms. The van der Waals surface area contributed by atoms with E-state index in [0.717, 1.165) is 22.8 Å². The van der Waals surface area contributed by atoms with E-state index in [1.807, 2.05) is 42.5 Å². The lowest BCUT2D eigenvalue weighted by molar-refractivity contribution is -0.138. The van der Waals surface area contributed by atoms with E-state index in [1.54, 1.807) is 18.2 Å². The van der Waals surface area contributed by atoms with Crippen LogP contribution in [0.15, 0.2) is 78.9 Å². The average Bonchev–Trinajstić information content (AvgIpc) is 2.73. The fraction of sp³-hybridized carbons (Fsp3) is 0.125. The molecule has 0 saturated heterocycles. The van der Waals surface area contributed by atoms with Crippen molar-refractivity contribution in [1.82, 2.24) is 0 Å². The van der Waals surface area contributed by atoms with Gasteiger partial charge in [0, 0.05) is 11.6 Å². The van der Waals surface area contributed by atoms with E-state index in [0.29, 0.717) is 11.3 Å². The monoisotopic (exact) mass is 409 g/mol. The Labute approximate surface area is 173 Å². The molecule has 1 atom stereocenters. The Balaban J connectivity index is 1.94. The quantitative estimate of drug-likeness (QED) is 0.562. The highest BCUT2D eigenvalue weighted by Gasteiger charge is 2.14. The number of para-hydroxylation sites is 1. The van der Waals surface area contributed by atoms with Gasteiger partial charge in [0.1, 0.15) is 30.0 Å². The summed E-state index contributed by atoms with van der Waals surface area (Å²) in [5.74, 6) is -1.93. The van der Waals surface area contributed by atoms with Crippen molar-refractivity contribution in [2.45, 2.75) is 19.1 Å². The maximum Gasteiger partial charge on any atom is 0.320 e. The molecule has 0 aliphatic heterocycles. The third-order valence-electron chi connectivity index (χ3n) is 4.47. The normalized spacial score (nSPS) is 12.4. The SMILES string of the molecule is NC(C/C=C(/c1ccccc1)c1ccccc1OCc1cc(F)cc(F)c1)C(=O)O. The highest BCUT2D eigenvalue weighted by molar-refractivity contribution is 5.83. The molecule has 6 heteroatoms. The largest absolute Gasteiger partial charge is 0.488 e. The molecule has 3 aromatic rings. The molecule has 0 amide bonds. The highest BCUT2D eigenvalue weighted by Crippen LogP contribution is 2.32. The first-order chi connectivity index (χ1) is 14.4. The zero-order valence-electron chi connectivity index (χ0n) is 16.1. The number of aliphatic carboxylic acids is 1. The maximum absolute atomic E-state index is 13.5. The molecule has 0 heterocycles. The average molecular weight is 409 g/mol. The molecule has 4 nitrogen and oxygen atoms in total. The molecule has 1 unspecified atom stereocenters. The predicted molar refractivity (Wildman–Crippen MR) is 111 cm³/mol. The zero-order chi connectivity index (χ0) is 21.5. The van der Waals surface area contributed by atoms with Crippen LogP contribution >= 0.6 is 0 Å². The molecule has 3 N–H and O–H groups in total. The minimum atomic E-state index is -1.09. The van der Waals surface area contributed by atoms with Gasteiger partial charge in [-0.15, -0.1) is 0 Å². The van der Waals surface area contributed by atoms with E-state index < -0.39 is 23.6 Å². The summed E-state index contributed by atoms with van der Waals surface area (Å²) < 4.78 is 32.8. The Kier molecular flexibility index (Phi) is 6.93. The van der Waals surface area contributed by atoms with Crippen LogP contribution in [0.1, 0.15) is 23.1 Å². The smallest absolute Gasteiger partial charge is 0.320 e. The molecule has 0 aromatic heterocycles. The van der Waals surface area contributed by atoms with E-state index in [9.17, 15) is 13.6 Å². The van der Waals surface area contributed by atoms with Crippen molar-refractivity contribution in [3.8, 4) is 5.75 Å². The van der Waals surface area contributed by atoms with Gasteiger partial charge in [-0.2, -0.15) is 0 Å². The molecular formula is C24H21F2NO3. The van der Waals surface area contributed by atoms with Gasteiger partial charge in [0.15, 0.2) is 0 Å². The maximum atomic E-state index is 13.5. The van der Waals surface area contributed by atoms with Crippen LogP contribution in [0.5, 0.6) is 5.75 Å². The lowest BCUT2D eigenvalue weighted by atomic mass is 9.95. The number of halogens is 2. The second-order valence-electron chi connectivity index (χ2n) is 6.73. The van der Waals surface area contributed by atoms with E-state index in [-0.39, 0.29) is 13.0 Å². The van der Waals surface area contributed by atoms with Crippen LogP contribution in [0, 0.1) is 11.6 Å². The fourth-order valence-corrected chi connectivity index (χ4v) is 3.02. The molecule has 30 heavy (non-hydrogen) atoms. The summed E-state index contributed by atoms with van der Waals surface area (Å²) in [6.07, 6.45) is 1.89. The molecule has 3 rings (SSSR count). The van der Waals surface area contributed by atoms with Gasteiger partial charge in [-0.05, 0) is 41.3 Å². The number of benzene rings is 3. The van der Waals surface area contributed by atoms with Crippen molar-refractivity contribution < 1.29 is 23.4 Å². The number of nitrogens with two attached hydrogens (primary N) is 1. The van der Waals surface area contributed by atoms with Crippen LogP contribution in [0.25, 0.3) is 5.57 Å². The molecule has 0 aliphatic rings.